The number of hydrogen-bond acceptors (Lipinski definition) is 3. The zero-order valence-electron chi connectivity index (χ0n) is 17.9. The fraction of sp³-hybridized carbons (Fsp3) is 0.391. The Bertz CT molecular complexity index is 868. The molecule has 162 valence electrons. The van der Waals surface area contributed by atoms with Crippen molar-refractivity contribution in [3.8, 4) is 0 Å². The van der Waals surface area contributed by atoms with Gasteiger partial charge in [-0.3, -0.25) is 4.79 Å². The monoisotopic (exact) mass is 521 g/mol. The molecule has 1 aliphatic heterocycles. The van der Waals surface area contributed by atoms with Crippen molar-refractivity contribution in [3.63, 3.8) is 0 Å². The summed E-state index contributed by atoms with van der Waals surface area (Å²) in [5.74, 6) is 0.968. The van der Waals surface area contributed by atoms with Gasteiger partial charge in [0.05, 0.1) is 6.54 Å². The molecule has 0 spiro atoms. The average Bonchev–Trinajstić information content (AvgIpc) is 2.70. The summed E-state index contributed by atoms with van der Waals surface area (Å²) in [6.07, 6.45) is 0.481. The third-order valence-electron chi connectivity index (χ3n) is 4.98. The first-order chi connectivity index (χ1) is 14.1. The summed E-state index contributed by atoms with van der Waals surface area (Å²) in [5, 5.41) is 9.70. The van der Waals surface area contributed by atoms with Crippen molar-refractivity contribution in [3.05, 3.63) is 65.2 Å². The van der Waals surface area contributed by atoms with Crippen LogP contribution in [-0.2, 0) is 17.9 Å². The first kappa shape index (κ1) is 24.1. The van der Waals surface area contributed by atoms with Crippen LogP contribution in [0.4, 0.5) is 5.69 Å². The van der Waals surface area contributed by atoms with Crippen molar-refractivity contribution < 1.29 is 4.79 Å². The van der Waals surface area contributed by atoms with Crippen LogP contribution >= 0.6 is 24.0 Å². The zero-order chi connectivity index (χ0) is 20.6. The van der Waals surface area contributed by atoms with Gasteiger partial charge in [0.1, 0.15) is 0 Å². The fourth-order valence-corrected chi connectivity index (χ4v) is 3.62. The van der Waals surface area contributed by atoms with Crippen molar-refractivity contribution in [2.75, 3.05) is 32.5 Å². The lowest BCUT2D eigenvalue weighted by Crippen LogP contribution is -2.40. The van der Waals surface area contributed by atoms with Crippen LogP contribution in [0.25, 0.3) is 0 Å². The van der Waals surface area contributed by atoms with Gasteiger partial charge in [0.2, 0.25) is 5.91 Å². The van der Waals surface area contributed by atoms with E-state index in [0.717, 1.165) is 24.7 Å². The largest absolute Gasteiger partial charge is 0.357 e. The minimum atomic E-state index is 0. The van der Waals surface area contributed by atoms with Crippen molar-refractivity contribution in [1.29, 1.82) is 0 Å². The second-order valence-electron chi connectivity index (χ2n) is 7.62. The van der Waals surface area contributed by atoms with Crippen LogP contribution in [0.5, 0.6) is 0 Å². The summed E-state index contributed by atoms with van der Waals surface area (Å²) in [4.78, 5) is 19.0. The number of anilines is 1. The van der Waals surface area contributed by atoms with Gasteiger partial charge in [-0.2, -0.15) is 0 Å². The van der Waals surface area contributed by atoms with Gasteiger partial charge in [0.25, 0.3) is 0 Å². The van der Waals surface area contributed by atoms with Gasteiger partial charge in [0.15, 0.2) is 5.96 Å². The molecule has 0 aliphatic carbocycles. The molecule has 0 fully saturated rings. The molecule has 0 radical (unpaired) electrons. The highest BCUT2D eigenvalue weighted by Gasteiger charge is 2.24. The molecule has 0 bridgehead atoms. The molecular formula is C23H32IN5O. The van der Waals surface area contributed by atoms with Crippen molar-refractivity contribution in [2.24, 2.45) is 4.99 Å². The van der Waals surface area contributed by atoms with Gasteiger partial charge in [-0.05, 0) is 43.8 Å². The van der Waals surface area contributed by atoms with Crippen LogP contribution in [-0.4, -0.2) is 44.0 Å². The van der Waals surface area contributed by atoms with E-state index in [1.54, 1.807) is 0 Å². The summed E-state index contributed by atoms with van der Waals surface area (Å²) in [6, 6.07) is 16.4. The maximum atomic E-state index is 12.1. The number of nitrogens with one attached hydrogen (secondary N) is 3. The number of rotatable bonds is 7. The molecule has 3 rings (SSSR count). The highest BCUT2D eigenvalue weighted by molar-refractivity contribution is 14.0. The molecule has 2 aromatic carbocycles. The van der Waals surface area contributed by atoms with Gasteiger partial charge in [-0.25, -0.2) is 4.99 Å². The number of amides is 1. The third kappa shape index (κ3) is 6.70. The van der Waals surface area contributed by atoms with Crippen LogP contribution in [0.1, 0.15) is 36.0 Å². The number of halogens is 1. The van der Waals surface area contributed by atoms with Crippen LogP contribution in [0, 0.1) is 0 Å². The molecular weight excluding hydrogens is 489 g/mol. The lowest BCUT2D eigenvalue weighted by Gasteiger charge is -2.26. The summed E-state index contributed by atoms with van der Waals surface area (Å²) < 4.78 is 0. The summed E-state index contributed by atoms with van der Waals surface area (Å²) in [7, 11) is 4.15. The molecule has 6 nitrogen and oxygen atoms in total. The van der Waals surface area contributed by atoms with Gasteiger partial charge in [-0.15, -0.1) is 24.0 Å². The summed E-state index contributed by atoms with van der Waals surface area (Å²) in [5.41, 5.74) is 4.60. The second kappa shape index (κ2) is 11.9. The Morgan fingerprint density at radius 2 is 1.80 bits per heavy atom. The highest BCUT2D eigenvalue weighted by atomic mass is 127. The predicted octanol–water partition coefficient (Wildman–Crippen LogP) is 3.55. The SMILES string of the molecule is CCNC(=NCc1ccccc1CN(C)C)NCC1CC(=O)Nc2ccccc21.I. The number of para-hydroxylation sites is 1. The van der Waals surface area contributed by atoms with Crippen LogP contribution in [0.15, 0.2) is 53.5 Å². The van der Waals surface area contributed by atoms with E-state index < -0.39 is 0 Å². The topological polar surface area (TPSA) is 68.8 Å². The Labute approximate surface area is 196 Å². The molecule has 1 atom stereocenters. The lowest BCUT2D eigenvalue weighted by atomic mass is 9.90. The molecule has 7 heteroatoms. The average molecular weight is 521 g/mol. The zero-order valence-corrected chi connectivity index (χ0v) is 20.3. The molecule has 1 amide bonds. The van der Waals surface area contributed by atoms with Crippen LogP contribution < -0.4 is 16.0 Å². The third-order valence-corrected chi connectivity index (χ3v) is 4.98. The smallest absolute Gasteiger partial charge is 0.225 e. The molecule has 0 aromatic heterocycles. The van der Waals surface area contributed by atoms with Crippen molar-refractivity contribution in [2.45, 2.75) is 32.4 Å². The Hall–Kier alpha value is -2.13. The van der Waals surface area contributed by atoms with Gasteiger partial charge in [-0.1, -0.05) is 42.5 Å². The van der Waals surface area contributed by atoms with Crippen LogP contribution in [0.2, 0.25) is 0 Å². The van der Waals surface area contributed by atoms with E-state index in [1.807, 2.05) is 18.2 Å². The number of aliphatic imine (C=N–C) groups is 1. The molecule has 2 aromatic rings. The summed E-state index contributed by atoms with van der Waals surface area (Å²) >= 11 is 0. The van der Waals surface area contributed by atoms with E-state index in [2.05, 4.69) is 72.2 Å². The number of fused-ring (bicyclic) bond motifs is 1. The molecule has 1 unspecified atom stereocenters. The van der Waals surface area contributed by atoms with E-state index in [0.29, 0.717) is 19.5 Å². The van der Waals surface area contributed by atoms with E-state index in [1.165, 1.54) is 16.7 Å². The maximum Gasteiger partial charge on any atom is 0.225 e. The van der Waals surface area contributed by atoms with E-state index in [4.69, 9.17) is 4.99 Å². The molecule has 0 saturated heterocycles. The predicted molar refractivity (Wildman–Crippen MR) is 134 cm³/mol. The first-order valence-electron chi connectivity index (χ1n) is 10.2. The number of hydrogen-bond donors (Lipinski definition) is 3. The number of carbonyl (C=O) groups excluding carboxylic acids is 1. The Balaban J connectivity index is 0.00000320. The maximum absolute atomic E-state index is 12.1. The molecule has 0 saturated carbocycles. The first-order valence-corrected chi connectivity index (χ1v) is 10.2. The normalized spacial score (nSPS) is 15.8. The molecule has 1 heterocycles. The van der Waals surface area contributed by atoms with E-state index in [-0.39, 0.29) is 35.8 Å². The van der Waals surface area contributed by atoms with Gasteiger partial charge < -0.3 is 20.9 Å². The molecule has 1 aliphatic rings. The van der Waals surface area contributed by atoms with Crippen molar-refractivity contribution >= 4 is 41.5 Å². The number of carbonyl (C=O) groups is 1. The minimum absolute atomic E-state index is 0. The van der Waals surface area contributed by atoms with E-state index >= 15 is 0 Å². The number of benzene rings is 2. The fourth-order valence-electron chi connectivity index (χ4n) is 3.62. The minimum Gasteiger partial charge on any atom is -0.357 e. The Kier molecular flexibility index (Phi) is 9.58. The standard InChI is InChI=1S/C23H31N5O.HI/c1-4-24-23(25-14-17-9-5-6-10-18(17)16-28(2)3)26-15-19-13-22(29)27-21-12-8-7-11-20(19)21;/h5-12,19H,4,13-16H2,1-3H3,(H,27,29)(H2,24,25,26);1H. The second-order valence-corrected chi connectivity index (χ2v) is 7.62. The Morgan fingerprint density at radius 3 is 2.53 bits per heavy atom. The Morgan fingerprint density at radius 1 is 1.10 bits per heavy atom. The highest BCUT2D eigenvalue weighted by Crippen LogP contribution is 2.31. The number of guanidine groups is 1. The molecule has 30 heavy (non-hydrogen) atoms. The number of nitrogens with zero attached hydrogens (tertiary/aromatic N) is 2. The lowest BCUT2D eigenvalue weighted by molar-refractivity contribution is -0.116. The van der Waals surface area contributed by atoms with E-state index in [9.17, 15) is 4.79 Å². The molecule has 3 N–H and O–H groups in total. The van der Waals surface area contributed by atoms with Crippen LogP contribution in [0.3, 0.4) is 0 Å². The summed E-state index contributed by atoms with van der Waals surface area (Å²) in [6.45, 7) is 5.01. The van der Waals surface area contributed by atoms with Crippen molar-refractivity contribution in [1.82, 2.24) is 15.5 Å². The quantitative estimate of drug-likeness (QED) is 0.296. The van der Waals surface area contributed by atoms with Gasteiger partial charge >= 0.3 is 0 Å². The van der Waals surface area contributed by atoms with Gasteiger partial charge in [0, 0.05) is 37.7 Å².